The third-order valence-electron chi connectivity index (χ3n) is 5.41. The van der Waals surface area contributed by atoms with Crippen LogP contribution < -0.4 is 4.74 Å². The minimum Gasteiger partial charge on any atom is -0.489 e. The minimum atomic E-state index is -5.08. The topological polar surface area (TPSA) is 122 Å². The number of carbonyl (C=O) groups is 2. The molecule has 0 amide bonds. The van der Waals surface area contributed by atoms with Gasteiger partial charge in [0.2, 0.25) is 0 Å². The van der Waals surface area contributed by atoms with E-state index in [2.05, 4.69) is 20.9 Å². The summed E-state index contributed by atoms with van der Waals surface area (Å²) in [6.45, 7) is 2.67. The zero-order valence-corrected chi connectivity index (χ0v) is 19.7. The van der Waals surface area contributed by atoms with Crippen molar-refractivity contribution in [3.63, 3.8) is 0 Å². The molecule has 2 aromatic rings. The van der Waals surface area contributed by atoms with Crippen molar-refractivity contribution < 1.29 is 55.6 Å². The van der Waals surface area contributed by atoms with Gasteiger partial charge in [-0.2, -0.15) is 26.3 Å². The fourth-order valence-corrected chi connectivity index (χ4v) is 3.75. The predicted octanol–water partition coefficient (Wildman–Crippen LogP) is 3.94. The van der Waals surface area contributed by atoms with Gasteiger partial charge in [0.15, 0.2) is 0 Å². The van der Waals surface area contributed by atoms with E-state index in [1.807, 2.05) is 30.6 Å². The van der Waals surface area contributed by atoms with E-state index in [0.717, 1.165) is 31.7 Å². The van der Waals surface area contributed by atoms with E-state index in [1.165, 1.54) is 12.0 Å². The van der Waals surface area contributed by atoms with Crippen LogP contribution in [-0.2, 0) is 20.9 Å². The molecule has 4 rings (SSSR count). The fraction of sp³-hybridized carbons (Fsp3) is 0.478. The normalized spacial score (nSPS) is 21.2. The number of hydrogen-bond acceptors (Lipinski definition) is 7. The van der Waals surface area contributed by atoms with Crippen LogP contribution in [0.1, 0.15) is 24.8 Å². The molecule has 4 heterocycles. The second-order valence-electron chi connectivity index (χ2n) is 8.17. The van der Waals surface area contributed by atoms with Crippen LogP contribution in [0.15, 0.2) is 49.1 Å². The summed E-state index contributed by atoms with van der Waals surface area (Å²) in [5.41, 5.74) is 1.28. The first-order chi connectivity index (χ1) is 17.8. The lowest BCUT2D eigenvalue weighted by molar-refractivity contribution is -0.193. The fourth-order valence-electron chi connectivity index (χ4n) is 3.75. The van der Waals surface area contributed by atoms with Gasteiger partial charge in [-0.15, -0.1) is 0 Å². The molecule has 9 nitrogen and oxygen atoms in total. The zero-order chi connectivity index (χ0) is 28.3. The van der Waals surface area contributed by atoms with Crippen molar-refractivity contribution in [1.29, 1.82) is 0 Å². The lowest BCUT2D eigenvalue weighted by Crippen LogP contribution is -2.43. The van der Waals surface area contributed by atoms with Crippen molar-refractivity contribution in [3.05, 3.63) is 54.6 Å². The molecule has 0 aromatic carbocycles. The molecule has 2 aliphatic heterocycles. The molecule has 0 spiro atoms. The molecule has 3 atom stereocenters. The number of aromatic nitrogens is 2. The highest BCUT2D eigenvalue weighted by atomic mass is 19.4. The quantitative estimate of drug-likeness (QED) is 0.530. The first kappa shape index (κ1) is 30.8. The van der Waals surface area contributed by atoms with Gasteiger partial charge in [-0.3, -0.25) is 14.9 Å². The summed E-state index contributed by atoms with van der Waals surface area (Å²) in [5.74, 6) is -4.70. The number of ether oxygens (including phenoxy) is 2. The monoisotopic (exact) mass is 553 g/mol. The summed E-state index contributed by atoms with van der Waals surface area (Å²) in [7, 11) is 0. The molecule has 210 valence electrons. The molecular formula is C23H25F6N3O6. The maximum absolute atomic E-state index is 10.6. The average molecular weight is 553 g/mol. The highest BCUT2D eigenvalue weighted by Crippen LogP contribution is 2.32. The van der Waals surface area contributed by atoms with E-state index in [4.69, 9.17) is 29.3 Å². The maximum Gasteiger partial charge on any atom is 0.490 e. The van der Waals surface area contributed by atoms with Crippen molar-refractivity contribution in [2.45, 2.75) is 56.4 Å². The first-order valence-electron chi connectivity index (χ1n) is 11.2. The van der Waals surface area contributed by atoms with Crippen molar-refractivity contribution in [3.8, 4) is 5.75 Å². The molecule has 15 heteroatoms. The molecule has 2 fully saturated rings. The number of pyridine rings is 2. The number of halogens is 6. The summed E-state index contributed by atoms with van der Waals surface area (Å²) in [5, 5.41) is 14.2. The Balaban J connectivity index is 0.000000301. The summed E-state index contributed by atoms with van der Waals surface area (Å²) < 4.78 is 75.6. The Morgan fingerprint density at radius 3 is 2.03 bits per heavy atom. The van der Waals surface area contributed by atoms with E-state index in [-0.39, 0.29) is 6.10 Å². The number of carboxylic acids is 2. The van der Waals surface area contributed by atoms with Gasteiger partial charge in [0.25, 0.3) is 0 Å². The Bertz CT molecular complexity index is 986. The average Bonchev–Trinajstić information content (AvgIpc) is 3.25. The van der Waals surface area contributed by atoms with Crippen LogP contribution in [-0.4, -0.2) is 80.8 Å². The molecule has 0 bridgehead atoms. The lowest BCUT2D eigenvalue weighted by Gasteiger charge is -2.36. The number of carboxylic acid groups (broad SMARTS) is 2. The third kappa shape index (κ3) is 10.5. The summed E-state index contributed by atoms with van der Waals surface area (Å²) in [6, 6.07) is 8.50. The molecule has 0 aliphatic carbocycles. The summed E-state index contributed by atoms with van der Waals surface area (Å²) in [6.07, 6.45) is 0.961. The van der Waals surface area contributed by atoms with Crippen molar-refractivity contribution in [2.24, 2.45) is 0 Å². The second kappa shape index (κ2) is 13.9. The molecule has 2 saturated heterocycles. The number of likely N-dealkylation sites (tertiary alicyclic amines) is 1. The van der Waals surface area contributed by atoms with Crippen LogP contribution in [0, 0.1) is 0 Å². The van der Waals surface area contributed by atoms with Crippen LogP contribution in [0.2, 0.25) is 0 Å². The van der Waals surface area contributed by atoms with Gasteiger partial charge < -0.3 is 19.7 Å². The Labute approximate surface area is 213 Å². The summed E-state index contributed by atoms with van der Waals surface area (Å²) in [4.78, 5) is 28.6. The number of hydrogen-bond donors (Lipinski definition) is 2. The number of nitrogens with zero attached hydrogens (tertiary/aromatic N) is 3. The van der Waals surface area contributed by atoms with E-state index in [9.17, 15) is 26.3 Å². The largest absolute Gasteiger partial charge is 0.490 e. The Kier molecular flexibility index (Phi) is 11.3. The highest BCUT2D eigenvalue weighted by Gasteiger charge is 2.40. The van der Waals surface area contributed by atoms with E-state index in [1.54, 1.807) is 12.4 Å². The molecule has 0 saturated carbocycles. The van der Waals surface area contributed by atoms with Crippen molar-refractivity contribution in [1.82, 2.24) is 14.9 Å². The van der Waals surface area contributed by atoms with Gasteiger partial charge in [0.1, 0.15) is 12.4 Å². The molecule has 2 aromatic heterocycles. The standard InChI is InChI=1S/C19H23N3O2.2C2HF3O2/c1-3-15(11-20-8-1)13-22-10-7-19-18(22)6-5-17(24-19)14-23-16-4-2-9-21-12-16;2*3-2(4,5)1(6)7/h1-4,8-9,11-12,17-19H,5-7,10,13-14H2;2*(H,6,7)/t17-,18+,19+;;/m1../s1. The van der Waals surface area contributed by atoms with Crippen molar-refractivity contribution >= 4 is 11.9 Å². The molecule has 2 N–H and O–H groups in total. The Morgan fingerprint density at radius 2 is 1.53 bits per heavy atom. The smallest absolute Gasteiger partial charge is 0.489 e. The van der Waals surface area contributed by atoms with Gasteiger partial charge in [-0.25, -0.2) is 9.59 Å². The SMILES string of the molecule is O=C(O)C(F)(F)F.O=C(O)C(F)(F)F.c1cncc(CN2CC[C@@H]3O[C@@H](COc4cccnc4)CC[C@@H]32)c1. The maximum atomic E-state index is 10.6. The van der Waals surface area contributed by atoms with Crippen LogP contribution in [0.5, 0.6) is 5.75 Å². The number of rotatable bonds is 5. The van der Waals surface area contributed by atoms with Crippen LogP contribution in [0.4, 0.5) is 26.3 Å². The van der Waals surface area contributed by atoms with Crippen LogP contribution in [0.3, 0.4) is 0 Å². The van der Waals surface area contributed by atoms with Crippen LogP contribution >= 0.6 is 0 Å². The number of aliphatic carboxylic acids is 2. The number of fused-ring (bicyclic) bond motifs is 1. The molecule has 2 aliphatic rings. The Morgan fingerprint density at radius 1 is 0.947 bits per heavy atom. The second-order valence-corrected chi connectivity index (χ2v) is 8.17. The van der Waals surface area contributed by atoms with Gasteiger partial charge in [-0.1, -0.05) is 6.07 Å². The lowest BCUT2D eigenvalue weighted by atomic mass is 9.99. The molecule has 0 radical (unpaired) electrons. The van der Waals surface area contributed by atoms with E-state index >= 15 is 0 Å². The van der Waals surface area contributed by atoms with Gasteiger partial charge in [-0.05, 0) is 43.0 Å². The van der Waals surface area contributed by atoms with Gasteiger partial charge in [0.05, 0.1) is 18.4 Å². The first-order valence-corrected chi connectivity index (χ1v) is 11.2. The zero-order valence-electron chi connectivity index (χ0n) is 19.7. The number of alkyl halides is 6. The van der Waals surface area contributed by atoms with E-state index in [0.29, 0.717) is 18.8 Å². The van der Waals surface area contributed by atoms with Gasteiger partial charge in [0, 0.05) is 37.7 Å². The third-order valence-corrected chi connectivity index (χ3v) is 5.41. The van der Waals surface area contributed by atoms with Crippen LogP contribution in [0.25, 0.3) is 0 Å². The molecular weight excluding hydrogens is 528 g/mol. The van der Waals surface area contributed by atoms with Crippen molar-refractivity contribution in [2.75, 3.05) is 13.2 Å². The molecule has 38 heavy (non-hydrogen) atoms. The highest BCUT2D eigenvalue weighted by molar-refractivity contribution is 5.73. The summed E-state index contributed by atoms with van der Waals surface area (Å²) >= 11 is 0. The minimum absolute atomic E-state index is 0.185. The predicted molar refractivity (Wildman–Crippen MR) is 118 cm³/mol. The van der Waals surface area contributed by atoms with E-state index < -0.39 is 24.3 Å². The van der Waals surface area contributed by atoms with Gasteiger partial charge >= 0.3 is 24.3 Å². The molecule has 0 unspecified atom stereocenters. The Hall–Kier alpha value is -3.46.